The minimum Gasteiger partial charge on any atom is -0.325 e. The quantitative estimate of drug-likeness (QED) is 0.618. The van der Waals surface area contributed by atoms with Crippen LogP contribution in [0.25, 0.3) is 0 Å². The number of carbonyl (C=O) groups is 1. The third-order valence-electron chi connectivity index (χ3n) is 2.97. The van der Waals surface area contributed by atoms with Gasteiger partial charge in [0, 0.05) is 27.1 Å². The van der Waals surface area contributed by atoms with E-state index in [1.54, 1.807) is 12.1 Å². The minimum atomic E-state index is -4.59. The monoisotopic (exact) mass is 393 g/mol. The van der Waals surface area contributed by atoms with Crippen LogP contribution in [0.5, 0.6) is 0 Å². The molecular weight excluding hydrogens is 382 g/mol. The Labute approximate surface area is 151 Å². The summed E-state index contributed by atoms with van der Waals surface area (Å²) in [5, 5.41) is 2.86. The number of hydrogen-bond donors (Lipinski definition) is 1. The number of benzene rings is 2. The smallest absolute Gasteiger partial charge is 0.325 e. The summed E-state index contributed by atoms with van der Waals surface area (Å²) in [6, 6.07) is 10.3. The lowest BCUT2D eigenvalue weighted by Gasteiger charge is -2.14. The highest BCUT2D eigenvalue weighted by molar-refractivity contribution is 7.99. The van der Waals surface area contributed by atoms with E-state index in [9.17, 15) is 18.0 Å². The Balaban J connectivity index is 1.94. The molecule has 0 aliphatic carbocycles. The number of halogens is 5. The fourth-order valence-corrected chi connectivity index (χ4v) is 3.01. The molecule has 0 heterocycles. The standard InChI is InChI=1S/C16H12Cl2F3NOS/c17-10-1-4-12(5-2-10)24-8-7-15(23)22-14-6-3-11(18)9-13(14)16(19,20)21/h1-6,9H,7-8H2,(H,22,23). The first-order valence-electron chi connectivity index (χ1n) is 6.80. The van der Waals surface area contributed by atoms with Gasteiger partial charge >= 0.3 is 6.18 Å². The average Bonchev–Trinajstić information content (AvgIpc) is 2.50. The molecule has 2 aromatic rings. The van der Waals surface area contributed by atoms with Gasteiger partial charge in [-0.25, -0.2) is 0 Å². The molecule has 0 aromatic heterocycles. The SMILES string of the molecule is O=C(CCSc1ccc(Cl)cc1)Nc1ccc(Cl)cc1C(F)(F)F. The van der Waals surface area contributed by atoms with Crippen molar-refractivity contribution in [3.8, 4) is 0 Å². The van der Waals surface area contributed by atoms with E-state index >= 15 is 0 Å². The van der Waals surface area contributed by atoms with Crippen LogP contribution in [0, 0.1) is 0 Å². The van der Waals surface area contributed by atoms with Crippen molar-refractivity contribution in [2.45, 2.75) is 17.5 Å². The highest BCUT2D eigenvalue weighted by atomic mass is 35.5. The maximum absolute atomic E-state index is 13.0. The van der Waals surface area contributed by atoms with Gasteiger partial charge in [0.05, 0.1) is 11.3 Å². The van der Waals surface area contributed by atoms with Gasteiger partial charge in [-0.2, -0.15) is 13.2 Å². The molecule has 128 valence electrons. The second kappa shape index (κ2) is 8.14. The van der Waals surface area contributed by atoms with Gasteiger partial charge in [0.2, 0.25) is 5.91 Å². The van der Waals surface area contributed by atoms with E-state index in [4.69, 9.17) is 23.2 Å². The molecule has 8 heteroatoms. The summed E-state index contributed by atoms with van der Waals surface area (Å²) in [6.45, 7) is 0. The number of alkyl halides is 3. The van der Waals surface area contributed by atoms with Crippen LogP contribution >= 0.6 is 35.0 Å². The van der Waals surface area contributed by atoms with E-state index in [1.807, 2.05) is 12.1 Å². The van der Waals surface area contributed by atoms with Crippen molar-refractivity contribution in [1.29, 1.82) is 0 Å². The Morgan fingerprint density at radius 1 is 1.04 bits per heavy atom. The van der Waals surface area contributed by atoms with Crippen LogP contribution < -0.4 is 5.32 Å². The van der Waals surface area contributed by atoms with Gasteiger partial charge in [0.1, 0.15) is 0 Å². The van der Waals surface area contributed by atoms with Crippen molar-refractivity contribution in [1.82, 2.24) is 0 Å². The van der Waals surface area contributed by atoms with Gasteiger partial charge in [-0.05, 0) is 42.5 Å². The summed E-state index contributed by atoms with van der Waals surface area (Å²) < 4.78 is 38.9. The van der Waals surface area contributed by atoms with Crippen LogP contribution in [-0.4, -0.2) is 11.7 Å². The third kappa shape index (κ3) is 5.61. The molecule has 2 aromatic carbocycles. The van der Waals surface area contributed by atoms with Crippen LogP contribution in [0.3, 0.4) is 0 Å². The summed E-state index contributed by atoms with van der Waals surface area (Å²) in [4.78, 5) is 12.8. The van der Waals surface area contributed by atoms with Gasteiger partial charge < -0.3 is 5.32 Å². The average molecular weight is 394 g/mol. The predicted octanol–water partition coefficient (Wildman–Crippen LogP) is 6.13. The third-order valence-corrected chi connectivity index (χ3v) is 4.47. The second-order valence-electron chi connectivity index (χ2n) is 4.79. The predicted molar refractivity (Wildman–Crippen MR) is 91.9 cm³/mol. The molecule has 0 spiro atoms. The molecule has 0 aliphatic heterocycles. The first-order valence-corrected chi connectivity index (χ1v) is 8.55. The zero-order chi connectivity index (χ0) is 17.7. The van der Waals surface area contributed by atoms with Crippen molar-refractivity contribution < 1.29 is 18.0 Å². The first-order chi connectivity index (χ1) is 11.3. The molecule has 2 rings (SSSR count). The second-order valence-corrected chi connectivity index (χ2v) is 6.83. The van der Waals surface area contributed by atoms with Crippen molar-refractivity contribution in [2.24, 2.45) is 0 Å². The van der Waals surface area contributed by atoms with Gasteiger partial charge in [-0.15, -0.1) is 11.8 Å². The lowest BCUT2D eigenvalue weighted by atomic mass is 10.1. The van der Waals surface area contributed by atoms with E-state index in [1.165, 1.54) is 17.8 Å². The maximum atomic E-state index is 13.0. The zero-order valence-corrected chi connectivity index (χ0v) is 14.5. The molecule has 1 amide bonds. The van der Waals surface area contributed by atoms with E-state index in [-0.39, 0.29) is 17.1 Å². The summed E-state index contributed by atoms with van der Waals surface area (Å²) in [5.41, 5.74) is -1.26. The lowest BCUT2D eigenvalue weighted by molar-refractivity contribution is -0.137. The van der Waals surface area contributed by atoms with Gasteiger partial charge in [0.25, 0.3) is 0 Å². The van der Waals surface area contributed by atoms with Crippen molar-refractivity contribution in [2.75, 3.05) is 11.1 Å². The molecule has 0 unspecified atom stereocenters. The molecule has 0 saturated carbocycles. The van der Waals surface area contributed by atoms with Crippen LogP contribution in [-0.2, 0) is 11.0 Å². The number of amides is 1. The number of rotatable bonds is 5. The fourth-order valence-electron chi connectivity index (χ4n) is 1.87. The van der Waals surface area contributed by atoms with Crippen LogP contribution in [0.2, 0.25) is 10.0 Å². The van der Waals surface area contributed by atoms with Crippen LogP contribution in [0.15, 0.2) is 47.4 Å². The van der Waals surface area contributed by atoms with Gasteiger partial charge in [-0.3, -0.25) is 4.79 Å². The maximum Gasteiger partial charge on any atom is 0.418 e. The Morgan fingerprint density at radius 2 is 1.67 bits per heavy atom. The molecule has 0 atom stereocenters. The Kier molecular flexibility index (Phi) is 6.43. The lowest BCUT2D eigenvalue weighted by Crippen LogP contribution is -2.16. The van der Waals surface area contributed by atoms with E-state index < -0.39 is 17.6 Å². The van der Waals surface area contributed by atoms with Crippen LogP contribution in [0.1, 0.15) is 12.0 Å². The summed E-state index contributed by atoms with van der Waals surface area (Å²) >= 11 is 12.8. The molecule has 1 N–H and O–H groups in total. The Morgan fingerprint density at radius 3 is 2.29 bits per heavy atom. The van der Waals surface area contributed by atoms with E-state index in [2.05, 4.69) is 5.32 Å². The summed E-state index contributed by atoms with van der Waals surface area (Å²) in [5.74, 6) is -0.0631. The number of hydrogen-bond acceptors (Lipinski definition) is 2. The molecule has 0 saturated heterocycles. The normalized spacial score (nSPS) is 11.4. The highest BCUT2D eigenvalue weighted by Crippen LogP contribution is 2.36. The number of anilines is 1. The molecule has 0 radical (unpaired) electrons. The first kappa shape index (κ1) is 19.0. The van der Waals surface area contributed by atoms with E-state index in [0.29, 0.717) is 10.8 Å². The molecule has 0 bridgehead atoms. The molecule has 24 heavy (non-hydrogen) atoms. The molecule has 0 fully saturated rings. The molecule has 0 aliphatic rings. The zero-order valence-electron chi connectivity index (χ0n) is 12.2. The van der Waals surface area contributed by atoms with Gasteiger partial charge in [0.15, 0.2) is 0 Å². The van der Waals surface area contributed by atoms with Crippen molar-refractivity contribution in [3.63, 3.8) is 0 Å². The Bertz CT molecular complexity index is 720. The molecular formula is C16H12Cl2F3NOS. The van der Waals surface area contributed by atoms with Crippen molar-refractivity contribution >= 4 is 46.6 Å². The number of carbonyl (C=O) groups excluding carboxylic acids is 1. The summed E-state index contributed by atoms with van der Waals surface area (Å²) in [7, 11) is 0. The van der Waals surface area contributed by atoms with Gasteiger partial charge in [-0.1, -0.05) is 23.2 Å². The van der Waals surface area contributed by atoms with Crippen molar-refractivity contribution in [3.05, 3.63) is 58.1 Å². The van der Waals surface area contributed by atoms with E-state index in [0.717, 1.165) is 17.0 Å². The Hall–Kier alpha value is -1.37. The minimum absolute atomic E-state index is 0.0429. The number of thioether (sulfide) groups is 1. The highest BCUT2D eigenvalue weighted by Gasteiger charge is 2.34. The number of nitrogens with one attached hydrogen (secondary N) is 1. The topological polar surface area (TPSA) is 29.1 Å². The largest absolute Gasteiger partial charge is 0.418 e. The van der Waals surface area contributed by atoms with Crippen LogP contribution in [0.4, 0.5) is 18.9 Å². The summed E-state index contributed by atoms with van der Waals surface area (Å²) in [6.07, 6.45) is -4.52. The fraction of sp³-hybridized carbons (Fsp3) is 0.188. The molecule has 2 nitrogen and oxygen atoms in total.